The zero-order valence-electron chi connectivity index (χ0n) is 27.1. The van der Waals surface area contributed by atoms with Gasteiger partial charge in [-0.2, -0.15) is 0 Å². The maximum atomic E-state index is 14.3. The number of anilines is 1. The average Bonchev–Trinajstić information content (AvgIpc) is 3.68. The molecule has 0 bridgehead atoms. The van der Waals surface area contributed by atoms with Crippen LogP contribution in [0.15, 0.2) is 58.1 Å². The zero-order valence-corrected chi connectivity index (χ0v) is 28.8. The molecule has 0 aliphatic carbocycles. The predicted octanol–water partition coefficient (Wildman–Crippen LogP) is 4.92. The summed E-state index contributed by atoms with van der Waals surface area (Å²) in [6, 6.07) is 12.9. The molecule has 0 unspecified atom stereocenters. The number of hydrogen-bond donors (Lipinski definition) is 1. The number of nitrogens with one attached hydrogen (secondary N) is 1. The summed E-state index contributed by atoms with van der Waals surface area (Å²) in [6.45, 7) is 7.30. The molecule has 3 amide bonds. The molecule has 3 aromatic rings. The Hall–Kier alpha value is -4.14. The van der Waals surface area contributed by atoms with Crippen molar-refractivity contribution in [3.05, 3.63) is 70.6 Å². The van der Waals surface area contributed by atoms with Gasteiger partial charge in [0.15, 0.2) is 11.5 Å². The van der Waals surface area contributed by atoms with Crippen molar-refractivity contribution in [2.45, 2.75) is 49.5 Å². The maximum Gasteiger partial charge on any atom is 0.410 e. The second-order valence-electron chi connectivity index (χ2n) is 12.2. The van der Waals surface area contributed by atoms with Gasteiger partial charge in [-0.3, -0.25) is 14.5 Å². The molecule has 0 radical (unpaired) electrons. The number of amides is 3. The smallest absolute Gasteiger partial charge is 0.410 e. The maximum absolute atomic E-state index is 14.3. The quantitative estimate of drug-likeness (QED) is 0.221. The van der Waals surface area contributed by atoms with Crippen molar-refractivity contribution in [2.75, 3.05) is 51.8 Å². The summed E-state index contributed by atoms with van der Waals surface area (Å²) in [7, 11) is -0.645. The third-order valence-electron chi connectivity index (χ3n) is 8.01. The van der Waals surface area contributed by atoms with Crippen LogP contribution >= 0.6 is 11.3 Å². The first-order valence-corrected chi connectivity index (χ1v) is 17.7. The number of fused-ring (bicyclic) bond motifs is 1. The van der Waals surface area contributed by atoms with E-state index in [1.807, 2.05) is 31.7 Å². The number of ether oxygens (including phenoxy) is 3. The molecule has 1 saturated heterocycles. The zero-order chi connectivity index (χ0) is 33.9. The number of methoxy groups -OCH3 is 2. The van der Waals surface area contributed by atoms with E-state index in [4.69, 9.17) is 14.2 Å². The minimum Gasteiger partial charge on any atom is -0.493 e. The molecule has 1 fully saturated rings. The topological polar surface area (TPSA) is 135 Å². The number of hydrogen-bond acceptors (Lipinski definition) is 10. The van der Waals surface area contributed by atoms with Gasteiger partial charge >= 0.3 is 6.09 Å². The van der Waals surface area contributed by atoms with E-state index in [2.05, 4.69) is 4.72 Å². The molecule has 1 atom stereocenters. The van der Waals surface area contributed by atoms with Gasteiger partial charge in [0.05, 0.1) is 37.1 Å². The van der Waals surface area contributed by atoms with Gasteiger partial charge < -0.3 is 24.0 Å². The van der Waals surface area contributed by atoms with E-state index in [0.717, 1.165) is 11.3 Å². The van der Waals surface area contributed by atoms with Crippen LogP contribution in [0.2, 0.25) is 0 Å². The average molecular weight is 685 g/mol. The first-order chi connectivity index (χ1) is 22.3. The number of nitrogens with zero attached hydrogens (tertiary/aromatic N) is 3. The highest BCUT2D eigenvalue weighted by Gasteiger charge is 2.43. The third-order valence-corrected chi connectivity index (χ3v) is 10.9. The molecule has 2 aromatic carbocycles. The monoisotopic (exact) mass is 684 g/mol. The van der Waals surface area contributed by atoms with Gasteiger partial charge in [-0.25, -0.2) is 17.9 Å². The first kappa shape index (κ1) is 34.2. The Kier molecular flexibility index (Phi) is 10.1. The number of thiophene rings is 1. The summed E-state index contributed by atoms with van der Waals surface area (Å²) in [4.78, 5) is 45.8. The standard InChI is InChI=1S/C33H40N4O8S2/c1-33(2,3)45-32(40)36-18-16-35(17-19-36)25-10-6-9-23-29(25)31(39)37(30(23)38)24(22-13-14-26(43-4)27(21-22)44-5)11-7-15-34-47(41,42)28-12-8-20-46-28/h6,8-10,12-14,20-21,24,34H,7,11,15-19H2,1-5H3/t24-/m1/s1. The predicted molar refractivity (Wildman–Crippen MR) is 178 cm³/mol. The highest BCUT2D eigenvalue weighted by molar-refractivity contribution is 7.91. The van der Waals surface area contributed by atoms with Crippen LogP contribution in [0.5, 0.6) is 11.5 Å². The minimum atomic E-state index is -3.67. The summed E-state index contributed by atoms with van der Waals surface area (Å²) < 4.78 is 44.7. The van der Waals surface area contributed by atoms with Crippen molar-refractivity contribution in [3.63, 3.8) is 0 Å². The molecular weight excluding hydrogens is 645 g/mol. The van der Waals surface area contributed by atoms with Crippen LogP contribution in [-0.4, -0.2) is 88.7 Å². The Bertz CT molecular complexity index is 1730. The van der Waals surface area contributed by atoms with E-state index in [1.54, 1.807) is 46.7 Å². The minimum absolute atomic E-state index is 0.111. The normalized spacial score (nSPS) is 15.9. The molecule has 252 valence electrons. The van der Waals surface area contributed by atoms with E-state index in [-0.39, 0.29) is 23.3 Å². The van der Waals surface area contributed by atoms with Crippen molar-refractivity contribution >= 4 is 45.0 Å². The van der Waals surface area contributed by atoms with E-state index in [9.17, 15) is 22.8 Å². The van der Waals surface area contributed by atoms with Crippen molar-refractivity contribution < 1.29 is 37.0 Å². The number of benzene rings is 2. The number of rotatable bonds is 11. The van der Waals surface area contributed by atoms with Gasteiger partial charge in [0.2, 0.25) is 10.0 Å². The number of carbonyl (C=O) groups excluding carboxylic acids is 3. The van der Waals surface area contributed by atoms with Crippen molar-refractivity contribution in [1.82, 2.24) is 14.5 Å². The number of imide groups is 1. The van der Waals surface area contributed by atoms with E-state index < -0.39 is 33.5 Å². The first-order valence-electron chi connectivity index (χ1n) is 15.3. The second kappa shape index (κ2) is 13.9. The fourth-order valence-corrected chi connectivity index (χ4v) is 7.89. The molecule has 1 aromatic heterocycles. The van der Waals surface area contributed by atoms with Gasteiger partial charge in [-0.05, 0) is 74.9 Å². The van der Waals surface area contributed by atoms with Crippen molar-refractivity contribution in [3.8, 4) is 11.5 Å². The second-order valence-corrected chi connectivity index (χ2v) is 15.2. The van der Waals surface area contributed by atoms with Crippen LogP contribution < -0.4 is 19.1 Å². The summed E-state index contributed by atoms with van der Waals surface area (Å²) in [5, 5.41) is 1.69. The lowest BCUT2D eigenvalue weighted by molar-refractivity contribution is 0.0240. The summed E-state index contributed by atoms with van der Waals surface area (Å²) in [5.41, 5.74) is 1.27. The van der Waals surface area contributed by atoms with Crippen LogP contribution in [0.1, 0.15) is 65.9 Å². The fraction of sp³-hybridized carbons (Fsp3) is 0.424. The lowest BCUT2D eigenvalue weighted by atomic mass is 9.99. The highest BCUT2D eigenvalue weighted by Crippen LogP contribution is 2.40. The molecule has 0 spiro atoms. The molecule has 1 N–H and O–H groups in total. The largest absolute Gasteiger partial charge is 0.493 e. The van der Waals surface area contributed by atoms with Crippen LogP contribution in [-0.2, 0) is 14.8 Å². The van der Waals surface area contributed by atoms with Crippen LogP contribution in [0, 0.1) is 0 Å². The Morgan fingerprint density at radius 2 is 1.68 bits per heavy atom. The molecule has 2 aliphatic rings. The third kappa shape index (κ3) is 7.39. The summed E-state index contributed by atoms with van der Waals surface area (Å²) in [6.07, 6.45) is 0.247. The lowest BCUT2D eigenvalue weighted by Gasteiger charge is -2.37. The van der Waals surface area contributed by atoms with Gasteiger partial charge in [0.1, 0.15) is 9.81 Å². The molecule has 12 nitrogen and oxygen atoms in total. The molecule has 3 heterocycles. The Labute approximate surface area is 279 Å². The van der Waals surface area contributed by atoms with Crippen LogP contribution in [0.3, 0.4) is 0 Å². The fourth-order valence-electron chi connectivity index (χ4n) is 5.78. The molecule has 14 heteroatoms. The number of carbonyl (C=O) groups is 3. The summed E-state index contributed by atoms with van der Waals surface area (Å²) >= 11 is 1.13. The molecule has 2 aliphatic heterocycles. The van der Waals surface area contributed by atoms with Gasteiger partial charge in [0, 0.05) is 32.7 Å². The SMILES string of the molecule is COc1ccc([C@@H](CCCNS(=O)(=O)c2cccs2)N2C(=O)c3cccc(N4CCN(C(=O)OC(C)(C)C)CC4)c3C2=O)cc1OC. The van der Waals surface area contributed by atoms with Crippen LogP contribution in [0.4, 0.5) is 10.5 Å². The van der Waals surface area contributed by atoms with Crippen LogP contribution in [0.25, 0.3) is 0 Å². The Morgan fingerprint density at radius 3 is 2.32 bits per heavy atom. The van der Waals surface area contributed by atoms with Gasteiger partial charge in [-0.15, -0.1) is 11.3 Å². The highest BCUT2D eigenvalue weighted by atomic mass is 32.2. The summed E-state index contributed by atoms with van der Waals surface area (Å²) in [5.74, 6) is 0.0646. The van der Waals surface area contributed by atoms with Gasteiger partial charge in [0.25, 0.3) is 11.8 Å². The Balaban J connectivity index is 1.39. The van der Waals surface area contributed by atoms with E-state index >= 15 is 0 Å². The molecule has 47 heavy (non-hydrogen) atoms. The number of sulfonamides is 1. The van der Waals surface area contributed by atoms with E-state index in [1.165, 1.54) is 25.2 Å². The molecule has 0 saturated carbocycles. The van der Waals surface area contributed by atoms with Gasteiger partial charge in [-0.1, -0.05) is 18.2 Å². The van der Waals surface area contributed by atoms with E-state index in [0.29, 0.717) is 66.5 Å². The number of piperazine rings is 1. The Morgan fingerprint density at radius 1 is 0.957 bits per heavy atom. The lowest BCUT2D eigenvalue weighted by Crippen LogP contribution is -2.50. The molecule has 5 rings (SSSR count). The van der Waals surface area contributed by atoms with Crippen molar-refractivity contribution in [1.29, 1.82) is 0 Å². The van der Waals surface area contributed by atoms with Crippen molar-refractivity contribution in [2.24, 2.45) is 0 Å². The molecular formula is C33H40N4O8S2.